The molecule has 0 aliphatic heterocycles. The van der Waals surface area contributed by atoms with Gasteiger partial charge in [0.1, 0.15) is 0 Å². The number of rotatable bonds is 6. The molecule has 0 saturated carbocycles. The average molecular weight is 249 g/mol. The molecule has 0 saturated heterocycles. The number of hydrogen-bond donors (Lipinski definition) is 3. The van der Waals surface area contributed by atoms with E-state index in [0.29, 0.717) is 17.7 Å². The number of carbonyl (C=O) groups is 2. The molecule has 98 valence electrons. The number of amides is 2. The molecule has 0 fully saturated rings. The normalized spacial score (nSPS) is 11.9. The van der Waals surface area contributed by atoms with Gasteiger partial charge in [-0.1, -0.05) is 6.92 Å². The van der Waals surface area contributed by atoms with Gasteiger partial charge in [0.2, 0.25) is 5.91 Å². The van der Waals surface area contributed by atoms with E-state index < -0.39 is 5.91 Å². The minimum Gasteiger partial charge on any atom is -0.366 e. The van der Waals surface area contributed by atoms with Gasteiger partial charge in [0.25, 0.3) is 5.91 Å². The summed E-state index contributed by atoms with van der Waals surface area (Å²) in [4.78, 5) is 22.7. The molecule has 0 aliphatic carbocycles. The predicted molar refractivity (Wildman–Crippen MR) is 70.4 cm³/mol. The SMILES string of the molecule is CCN[C@H](C)CNC(=O)c1ccc(C(N)=O)cc1. The number of primary amides is 1. The lowest BCUT2D eigenvalue weighted by molar-refractivity contribution is 0.0947. The minimum absolute atomic E-state index is 0.157. The first-order valence-corrected chi connectivity index (χ1v) is 5.96. The number of benzene rings is 1. The highest BCUT2D eigenvalue weighted by atomic mass is 16.2. The molecule has 0 aliphatic rings. The molecule has 1 atom stereocenters. The van der Waals surface area contributed by atoms with Crippen LogP contribution in [0.4, 0.5) is 0 Å². The van der Waals surface area contributed by atoms with Crippen molar-refractivity contribution in [3.8, 4) is 0 Å². The summed E-state index contributed by atoms with van der Waals surface area (Å²) < 4.78 is 0. The van der Waals surface area contributed by atoms with E-state index in [1.165, 1.54) is 0 Å². The second-order valence-corrected chi connectivity index (χ2v) is 4.11. The molecule has 4 N–H and O–H groups in total. The fourth-order valence-electron chi connectivity index (χ4n) is 1.55. The molecule has 1 rings (SSSR count). The maximum absolute atomic E-state index is 11.8. The number of carbonyl (C=O) groups excluding carboxylic acids is 2. The lowest BCUT2D eigenvalue weighted by Gasteiger charge is -2.13. The van der Waals surface area contributed by atoms with Gasteiger partial charge in [0.15, 0.2) is 0 Å². The maximum Gasteiger partial charge on any atom is 0.251 e. The summed E-state index contributed by atoms with van der Waals surface area (Å²) in [6.45, 7) is 5.44. The van der Waals surface area contributed by atoms with Gasteiger partial charge in [-0.15, -0.1) is 0 Å². The third kappa shape index (κ3) is 4.18. The number of nitrogens with two attached hydrogens (primary N) is 1. The molecule has 0 bridgehead atoms. The van der Waals surface area contributed by atoms with Gasteiger partial charge < -0.3 is 16.4 Å². The van der Waals surface area contributed by atoms with Crippen molar-refractivity contribution in [1.82, 2.24) is 10.6 Å². The standard InChI is InChI=1S/C13H19N3O2/c1-3-15-9(2)8-16-13(18)11-6-4-10(5-7-11)12(14)17/h4-7,9,15H,3,8H2,1-2H3,(H2,14,17)(H,16,18)/t9-/m1/s1. The van der Waals surface area contributed by atoms with Crippen molar-refractivity contribution >= 4 is 11.8 Å². The van der Waals surface area contributed by atoms with Crippen molar-refractivity contribution in [2.75, 3.05) is 13.1 Å². The van der Waals surface area contributed by atoms with Gasteiger partial charge in [-0.3, -0.25) is 9.59 Å². The van der Waals surface area contributed by atoms with E-state index in [-0.39, 0.29) is 11.9 Å². The summed E-state index contributed by atoms with van der Waals surface area (Å²) in [7, 11) is 0. The van der Waals surface area contributed by atoms with Crippen molar-refractivity contribution < 1.29 is 9.59 Å². The molecule has 1 aromatic rings. The molecule has 18 heavy (non-hydrogen) atoms. The number of nitrogens with one attached hydrogen (secondary N) is 2. The van der Waals surface area contributed by atoms with Crippen LogP contribution >= 0.6 is 0 Å². The van der Waals surface area contributed by atoms with Gasteiger partial charge in [0.05, 0.1) is 0 Å². The molecule has 2 amide bonds. The van der Waals surface area contributed by atoms with Crippen molar-refractivity contribution in [1.29, 1.82) is 0 Å². The molecule has 5 heteroatoms. The molecule has 0 unspecified atom stereocenters. The number of likely N-dealkylation sites (N-methyl/N-ethyl adjacent to an activating group) is 1. The zero-order valence-electron chi connectivity index (χ0n) is 10.7. The molecule has 0 spiro atoms. The van der Waals surface area contributed by atoms with Crippen LogP contribution in [0.2, 0.25) is 0 Å². The molecule has 1 aromatic carbocycles. The second kappa shape index (κ2) is 6.76. The first-order valence-electron chi connectivity index (χ1n) is 5.96. The first-order chi connectivity index (χ1) is 8.54. The Morgan fingerprint density at radius 3 is 2.28 bits per heavy atom. The highest BCUT2D eigenvalue weighted by molar-refractivity contribution is 5.97. The topological polar surface area (TPSA) is 84.2 Å². The van der Waals surface area contributed by atoms with Gasteiger partial charge >= 0.3 is 0 Å². The van der Waals surface area contributed by atoms with Crippen molar-refractivity contribution in [2.24, 2.45) is 5.73 Å². The Morgan fingerprint density at radius 1 is 1.22 bits per heavy atom. The third-order valence-corrected chi connectivity index (χ3v) is 2.55. The van der Waals surface area contributed by atoms with Crippen molar-refractivity contribution in [2.45, 2.75) is 19.9 Å². The summed E-state index contributed by atoms with van der Waals surface area (Å²) in [5.41, 5.74) is 6.04. The maximum atomic E-state index is 11.8. The Bertz CT molecular complexity index is 415. The van der Waals surface area contributed by atoms with Crippen LogP contribution in [0.25, 0.3) is 0 Å². The fourth-order valence-corrected chi connectivity index (χ4v) is 1.55. The zero-order valence-corrected chi connectivity index (χ0v) is 10.7. The Labute approximate surface area is 107 Å². The molecule has 5 nitrogen and oxygen atoms in total. The third-order valence-electron chi connectivity index (χ3n) is 2.55. The van der Waals surface area contributed by atoms with Crippen LogP contribution in [0.5, 0.6) is 0 Å². The smallest absolute Gasteiger partial charge is 0.251 e. The van der Waals surface area contributed by atoms with Crippen LogP contribution in [0, 0.1) is 0 Å². The monoisotopic (exact) mass is 249 g/mol. The Balaban J connectivity index is 2.54. The predicted octanol–water partition coefficient (Wildman–Crippen LogP) is 0.513. The van der Waals surface area contributed by atoms with Crippen LogP contribution in [0.3, 0.4) is 0 Å². The Kier molecular flexibility index (Phi) is 5.32. The van der Waals surface area contributed by atoms with E-state index in [1.54, 1.807) is 24.3 Å². The van der Waals surface area contributed by atoms with E-state index in [2.05, 4.69) is 10.6 Å². The quantitative estimate of drug-likeness (QED) is 0.687. The summed E-state index contributed by atoms with van der Waals surface area (Å²) in [6, 6.07) is 6.50. The molecular formula is C13H19N3O2. The van der Waals surface area contributed by atoms with Gasteiger partial charge in [-0.05, 0) is 37.7 Å². The average Bonchev–Trinajstić information content (AvgIpc) is 2.36. The van der Waals surface area contributed by atoms with Gasteiger partial charge in [-0.25, -0.2) is 0 Å². The van der Waals surface area contributed by atoms with Crippen LogP contribution in [-0.4, -0.2) is 30.9 Å². The van der Waals surface area contributed by atoms with Crippen LogP contribution < -0.4 is 16.4 Å². The van der Waals surface area contributed by atoms with E-state index in [1.807, 2.05) is 13.8 Å². The summed E-state index contributed by atoms with van der Waals surface area (Å²) in [5.74, 6) is -0.654. The molecule has 0 radical (unpaired) electrons. The molecule has 0 aromatic heterocycles. The minimum atomic E-state index is -0.497. The van der Waals surface area contributed by atoms with Crippen LogP contribution in [-0.2, 0) is 0 Å². The number of hydrogen-bond acceptors (Lipinski definition) is 3. The highest BCUT2D eigenvalue weighted by Crippen LogP contribution is 2.03. The van der Waals surface area contributed by atoms with E-state index >= 15 is 0 Å². The highest BCUT2D eigenvalue weighted by Gasteiger charge is 2.08. The zero-order chi connectivity index (χ0) is 13.5. The van der Waals surface area contributed by atoms with Gasteiger partial charge in [0, 0.05) is 23.7 Å². The van der Waals surface area contributed by atoms with E-state index in [0.717, 1.165) is 6.54 Å². The van der Waals surface area contributed by atoms with Gasteiger partial charge in [-0.2, -0.15) is 0 Å². The van der Waals surface area contributed by atoms with Crippen LogP contribution in [0.1, 0.15) is 34.6 Å². The van der Waals surface area contributed by atoms with Crippen LogP contribution in [0.15, 0.2) is 24.3 Å². The Hall–Kier alpha value is -1.88. The lowest BCUT2D eigenvalue weighted by atomic mass is 10.1. The van der Waals surface area contributed by atoms with E-state index in [9.17, 15) is 9.59 Å². The molecular weight excluding hydrogens is 230 g/mol. The fraction of sp³-hybridized carbons (Fsp3) is 0.385. The largest absolute Gasteiger partial charge is 0.366 e. The molecule has 0 heterocycles. The van der Waals surface area contributed by atoms with Crippen molar-refractivity contribution in [3.63, 3.8) is 0 Å². The lowest BCUT2D eigenvalue weighted by Crippen LogP contribution is -2.38. The first kappa shape index (κ1) is 14.2. The summed E-state index contributed by atoms with van der Waals surface area (Å²) in [5, 5.41) is 6.02. The Morgan fingerprint density at radius 2 is 1.78 bits per heavy atom. The van der Waals surface area contributed by atoms with E-state index in [4.69, 9.17) is 5.73 Å². The van der Waals surface area contributed by atoms with Crippen molar-refractivity contribution in [3.05, 3.63) is 35.4 Å². The second-order valence-electron chi connectivity index (χ2n) is 4.11. The summed E-state index contributed by atoms with van der Waals surface area (Å²) >= 11 is 0. The summed E-state index contributed by atoms with van der Waals surface area (Å²) in [6.07, 6.45) is 0.